The fourth-order valence-electron chi connectivity index (χ4n) is 2.36. The van der Waals surface area contributed by atoms with Crippen molar-refractivity contribution in [3.05, 3.63) is 0 Å². The van der Waals surface area contributed by atoms with Crippen LogP contribution in [0.4, 0.5) is 0 Å². The summed E-state index contributed by atoms with van der Waals surface area (Å²) in [7, 11) is 0. The molecule has 2 rings (SSSR count). The third kappa shape index (κ3) is 3.44. The van der Waals surface area contributed by atoms with Crippen molar-refractivity contribution in [1.82, 2.24) is 10.2 Å². The molecule has 3 nitrogen and oxygen atoms in total. The highest BCUT2D eigenvalue weighted by molar-refractivity contribution is 4.94. The smallest absolute Gasteiger partial charge is 0.0499 e. The van der Waals surface area contributed by atoms with E-state index in [1.54, 1.807) is 0 Å². The van der Waals surface area contributed by atoms with Crippen LogP contribution < -0.4 is 5.32 Å². The average Bonchev–Trinajstić information content (AvgIpc) is 2.85. The van der Waals surface area contributed by atoms with Gasteiger partial charge in [-0.2, -0.15) is 0 Å². The molecular weight excluding hydrogens is 188 g/mol. The van der Waals surface area contributed by atoms with E-state index in [9.17, 15) is 0 Å². The topological polar surface area (TPSA) is 35.5 Å². The fourth-order valence-corrected chi connectivity index (χ4v) is 2.36. The number of nitrogens with zero attached hydrogens (tertiary/aromatic N) is 1. The van der Waals surface area contributed by atoms with E-state index in [0.717, 1.165) is 13.1 Å². The first-order valence-electron chi connectivity index (χ1n) is 6.39. The molecule has 0 atom stereocenters. The minimum absolute atomic E-state index is 0.271. The van der Waals surface area contributed by atoms with E-state index >= 15 is 0 Å². The molecule has 0 aromatic heterocycles. The summed E-state index contributed by atoms with van der Waals surface area (Å²) in [4.78, 5) is 2.56. The molecule has 0 amide bonds. The van der Waals surface area contributed by atoms with Crippen LogP contribution in [0.1, 0.15) is 32.1 Å². The van der Waals surface area contributed by atoms with Crippen molar-refractivity contribution in [2.45, 2.75) is 32.1 Å². The first-order valence-corrected chi connectivity index (χ1v) is 6.39. The largest absolute Gasteiger partial charge is 0.396 e. The maximum atomic E-state index is 9.14. The Morgan fingerprint density at radius 2 is 1.93 bits per heavy atom. The zero-order valence-electron chi connectivity index (χ0n) is 9.67. The second-order valence-corrected chi connectivity index (χ2v) is 5.24. The van der Waals surface area contributed by atoms with Gasteiger partial charge in [0.25, 0.3) is 0 Å². The van der Waals surface area contributed by atoms with E-state index < -0.39 is 0 Å². The van der Waals surface area contributed by atoms with Crippen LogP contribution >= 0.6 is 0 Å². The molecule has 2 fully saturated rings. The van der Waals surface area contributed by atoms with Gasteiger partial charge >= 0.3 is 0 Å². The van der Waals surface area contributed by atoms with Crippen LogP contribution in [0.3, 0.4) is 0 Å². The zero-order chi connectivity index (χ0) is 10.6. The summed E-state index contributed by atoms with van der Waals surface area (Å²) in [6.45, 7) is 6.36. The Kier molecular flexibility index (Phi) is 4.00. The van der Waals surface area contributed by atoms with Crippen LogP contribution in [0.5, 0.6) is 0 Å². The maximum absolute atomic E-state index is 9.14. The molecule has 0 aromatic rings. The fraction of sp³-hybridized carbons (Fsp3) is 1.00. The van der Waals surface area contributed by atoms with E-state index in [1.165, 1.54) is 51.7 Å². The van der Waals surface area contributed by atoms with Crippen molar-refractivity contribution in [2.24, 2.45) is 5.41 Å². The van der Waals surface area contributed by atoms with Gasteiger partial charge in [0.1, 0.15) is 0 Å². The van der Waals surface area contributed by atoms with Crippen LogP contribution in [-0.4, -0.2) is 49.3 Å². The van der Waals surface area contributed by atoms with Crippen LogP contribution in [0.2, 0.25) is 0 Å². The Labute approximate surface area is 92.8 Å². The molecule has 3 heteroatoms. The summed E-state index contributed by atoms with van der Waals surface area (Å²) in [5, 5.41) is 12.6. The number of hydrogen-bond acceptors (Lipinski definition) is 3. The minimum atomic E-state index is 0.271. The molecule has 0 radical (unpaired) electrons. The quantitative estimate of drug-likeness (QED) is 0.614. The molecule has 1 aliphatic carbocycles. The SMILES string of the molecule is OCC1(CNCCCN2CCCC2)CC1. The van der Waals surface area contributed by atoms with Gasteiger partial charge in [-0.25, -0.2) is 0 Å². The van der Waals surface area contributed by atoms with E-state index in [1.807, 2.05) is 0 Å². The monoisotopic (exact) mass is 212 g/mol. The van der Waals surface area contributed by atoms with Crippen molar-refractivity contribution in [3.8, 4) is 0 Å². The lowest BCUT2D eigenvalue weighted by Gasteiger charge is -2.16. The standard InChI is InChI=1S/C12H24N2O/c15-11-12(4-5-12)10-13-6-3-9-14-7-1-2-8-14/h13,15H,1-11H2. The molecule has 1 heterocycles. The van der Waals surface area contributed by atoms with Gasteiger partial charge in [-0.15, -0.1) is 0 Å². The maximum Gasteiger partial charge on any atom is 0.0499 e. The first kappa shape index (κ1) is 11.4. The number of likely N-dealkylation sites (tertiary alicyclic amines) is 1. The molecule has 2 aliphatic rings. The lowest BCUT2D eigenvalue weighted by Crippen LogP contribution is -2.29. The van der Waals surface area contributed by atoms with Crippen molar-refractivity contribution in [3.63, 3.8) is 0 Å². The van der Waals surface area contributed by atoms with Crippen molar-refractivity contribution in [2.75, 3.05) is 39.3 Å². The second kappa shape index (κ2) is 5.28. The molecule has 15 heavy (non-hydrogen) atoms. The second-order valence-electron chi connectivity index (χ2n) is 5.24. The molecule has 1 aliphatic heterocycles. The summed E-state index contributed by atoms with van der Waals surface area (Å²) in [5.41, 5.74) is 0.271. The predicted octanol–water partition coefficient (Wildman–Crippen LogP) is 0.834. The Balaban J connectivity index is 1.45. The number of aliphatic hydroxyl groups excluding tert-OH is 1. The summed E-state index contributed by atoms with van der Waals surface area (Å²) >= 11 is 0. The first-order chi connectivity index (χ1) is 7.35. The number of rotatable bonds is 7. The van der Waals surface area contributed by atoms with E-state index in [2.05, 4.69) is 10.2 Å². The van der Waals surface area contributed by atoms with Crippen LogP contribution in [0, 0.1) is 5.41 Å². The van der Waals surface area contributed by atoms with Crippen molar-refractivity contribution >= 4 is 0 Å². The van der Waals surface area contributed by atoms with Gasteiger partial charge in [-0.05, 0) is 58.3 Å². The third-order valence-corrected chi connectivity index (χ3v) is 3.82. The summed E-state index contributed by atoms with van der Waals surface area (Å²) in [5.74, 6) is 0. The highest BCUT2D eigenvalue weighted by Crippen LogP contribution is 2.44. The van der Waals surface area contributed by atoms with Gasteiger partial charge < -0.3 is 15.3 Å². The lowest BCUT2D eigenvalue weighted by atomic mass is 10.1. The van der Waals surface area contributed by atoms with Gasteiger partial charge in [-0.3, -0.25) is 0 Å². The third-order valence-electron chi connectivity index (χ3n) is 3.82. The van der Waals surface area contributed by atoms with Gasteiger partial charge in [0, 0.05) is 18.6 Å². The zero-order valence-corrected chi connectivity index (χ0v) is 9.67. The molecular formula is C12H24N2O. The molecule has 2 N–H and O–H groups in total. The highest BCUT2D eigenvalue weighted by atomic mass is 16.3. The Morgan fingerprint density at radius 1 is 1.20 bits per heavy atom. The number of hydrogen-bond donors (Lipinski definition) is 2. The molecule has 88 valence electrons. The normalized spacial score (nSPS) is 24.6. The van der Waals surface area contributed by atoms with E-state index in [-0.39, 0.29) is 5.41 Å². The predicted molar refractivity (Wildman–Crippen MR) is 61.9 cm³/mol. The van der Waals surface area contributed by atoms with Gasteiger partial charge in [0.15, 0.2) is 0 Å². The van der Waals surface area contributed by atoms with Crippen molar-refractivity contribution < 1.29 is 5.11 Å². The number of aliphatic hydroxyl groups is 1. The lowest BCUT2D eigenvalue weighted by molar-refractivity contribution is 0.207. The Morgan fingerprint density at radius 3 is 2.53 bits per heavy atom. The Bertz CT molecular complexity index is 186. The molecule has 0 spiro atoms. The van der Waals surface area contributed by atoms with Crippen molar-refractivity contribution in [1.29, 1.82) is 0 Å². The molecule has 1 saturated carbocycles. The number of nitrogens with one attached hydrogen (secondary N) is 1. The minimum Gasteiger partial charge on any atom is -0.396 e. The van der Waals surface area contributed by atoms with Crippen LogP contribution in [0.15, 0.2) is 0 Å². The summed E-state index contributed by atoms with van der Waals surface area (Å²) in [6.07, 6.45) is 6.45. The van der Waals surface area contributed by atoms with Gasteiger partial charge in [-0.1, -0.05) is 0 Å². The molecule has 0 bridgehead atoms. The van der Waals surface area contributed by atoms with E-state index in [0.29, 0.717) is 6.61 Å². The van der Waals surface area contributed by atoms with Gasteiger partial charge in [0.05, 0.1) is 0 Å². The van der Waals surface area contributed by atoms with Crippen LogP contribution in [-0.2, 0) is 0 Å². The molecule has 0 unspecified atom stereocenters. The molecule has 1 saturated heterocycles. The molecule has 0 aromatic carbocycles. The summed E-state index contributed by atoms with van der Waals surface area (Å²) < 4.78 is 0. The summed E-state index contributed by atoms with van der Waals surface area (Å²) in [6, 6.07) is 0. The van der Waals surface area contributed by atoms with Gasteiger partial charge in [0.2, 0.25) is 0 Å². The van der Waals surface area contributed by atoms with E-state index in [4.69, 9.17) is 5.11 Å². The Hall–Kier alpha value is -0.120. The van der Waals surface area contributed by atoms with Crippen LogP contribution in [0.25, 0.3) is 0 Å². The highest BCUT2D eigenvalue weighted by Gasteiger charge is 2.41. The average molecular weight is 212 g/mol.